The summed E-state index contributed by atoms with van der Waals surface area (Å²) in [7, 11) is -5.10. The Labute approximate surface area is 287 Å². The van der Waals surface area contributed by atoms with E-state index in [2.05, 4.69) is 31.3 Å². The molecule has 14 heteroatoms. The van der Waals surface area contributed by atoms with Gasteiger partial charge in [-0.05, 0) is 32.1 Å². The number of phosphoric acid groups is 1. The molecule has 0 aromatic carbocycles. The normalized spacial score (nSPS) is 26.3. The van der Waals surface area contributed by atoms with Crippen LogP contribution in [0.4, 0.5) is 0 Å². The van der Waals surface area contributed by atoms with Gasteiger partial charge in [0, 0.05) is 0 Å². The van der Waals surface area contributed by atoms with Gasteiger partial charge in [0.25, 0.3) is 0 Å². The number of hydrogen-bond acceptors (Lipinski definition) is 11. The van der Waals surface area contributed by atoms with E-state index in [0.29, 0.717) is 12.8 Å². The van der Waals surface area contributed by atoms with Crippen molar-refractivity contribution in [2.24, 2.45) is 0 Å². The van der Waals surface area contributed by atoms with Crippen molar-refractivity contribution in [1.82, 2.24) is 5.32 Å². The van der Waals surface area contributed by atoms with Crippen LogP contribution in [-0.4, -0.2) is 108 Å². The fraction of sp³-hybridized carbons (Fsp3) is 0.912. The van der Waals surface area contributed by atoms with Gasteiger partial charge < -0.3 is 46.0 Å². The number of carbonyl (C=O) groups is 1. The van der Waals surface area contributed by atoms with Crippen molar-refractivity contribution >= 4 is 13.7 Å². The molecule has 1 rings (SSSR count). The number of amides is 1. The molecule has 8 atom stereocenters. The van der Waals surface area contributed by atoms with Crippen molar-refractivity contribution in [3.05, 3.63) is 12.2 Å². The predicted octanol–water partition coefficient (Wildman–Crippen LogP) is 3.52. The summed E-state index contributed by atoms with van der Waals surface area (Å²) in [4.78, 5) is 23.2. The Bertz CT molecular complexity index is 895. The molecule has 9 N–H and O–H groups in total. The second-order valence-corrected chi connectivity index (χ2v) is 14.7. The van der Waals surface area contributed by atoms with Crippen LogP contribution in [0, 0.1) is 0 Å². The molecule has 1 amide bonds. The second kappa shape index (κ2) is 25.9. The highest BCUT2D eigenvalue weighted by molar-refractivity contribution is 7.47. The number of hydrogen-bond donors (Lipinski definition) is 9. The SMILES string of the molecule is CCCC/C=C\CCCCCC(O)CC(=O)NC(COP(=O)(O)OC1C(O)C(O)C(O)C(O)C1O)C(O)CCCCCCCCCCC. The third kappa shape index (κ3) is 18.9. The van der Waals surface area contributed by atoms with Gasteiger partial charge >= 0.3 is 7.82 Å². The molecule has 0 bridgehead atoms. The lowest BCUT2D eigenvalue weighted by atomic mass is 9.85. The molecule has 0 aliphatic heterocycles. The van der Waals surface area contributed by atoms with E-state index >= 15 is 0 Å². The van der Waals surface area contributed by atoms with Crippen molar-refractivity contribution in [3.63, 3.8) is 0 Å². The molecule has 48 heavy (non-hydrogen) atoms. The molecule has 0 radical (unpaired) electrons. The fourth-order valence-corrected chi connectivity index (χ4v) is 6.72. The molecule has 0 spiro atoms. The third-order valence-corrected chi connectivity index (χ3v) is 9.86. The average Bonchev–Trinajstić information content (AvgIpc) is 3.05. The van der Waals surface area contributed by atoms with E-state index < -0.39 is 75.2 Å². The maximum atomic E-state index is 12.8. The van der Waals surface area contributed by atoms with Crippen LogP contribution in [0.1, 0.15) is 136 Å². The summed E-state index contributed by atoms with van der Waals surface area (Å²) in [6.45, 7) is 3.64. The number of rotatable bonds is 28. The second-order valence-electron chi connectivity index (χ2n) is 13.3. The first-order chi connectivity index (χ1) is 22.8. The summed E-state index contributed by atoms with van der Waals surface area (Å²) >= 11 is 0. The monoisotopic (exact) mass is 711 g/mol. The molecule has 1 saturated carbocycles. The standard InChI is InChI=1S/C34H66NO12P/c1-3-5-7-9-11-13-15-17-19-21-25(36)23-28(38)35-26(27(37)22-20-18-16-14-12-10-8-6-4-2)24-46-48(44,45)47-34-32(42)30(40)29(39)31(41)33(34)43/h9,11,25-27,29-34,36-37,39-43H,3-8,10,12-24H2,1-2H3,(H,35,38)(H,44,45)/b11-9-. The highest BCUT2D eigenvalue weighted by Crippen LogP contribution is 2.47. The van der Waals surface area contributed by atoms with Crippen molar-refractivity contribution in [1.29, 1.82) is 0 Å². The first-order valence-corrected chi connectivity index (χ1v) is 19.7. The fourth-order valence-electron chi connectivity index (χ4n) is 5.75. The zero-order chi connectivity index (χ0) is 36.0. The van der Waals surface area contributed by atoms with E-state index in [-0.39, 0.29) is 12.8 Å². The van der Waals surface area contributed by atoms with Crippen LogP contribution in [0.15, 0.2) is 12.2 Å². The van der Waals surface area contributed by atoms with E-state index in [9.17, 15) is 50.0 Å². The molecule has 284 valence electrons. The van der Waals surface area contributed by atoms with Crippen molar-refractivity contribution in [2.75, 3.05) is 6.61 Å². The highest BCUT2D eigenvalue weighted by atomic mass is 31.2. The van der Waals surface area contributed by atoms with Gasteiger partial charge in [0.2, 0.25) is 5.91 Å². The van der Waals surface area contributed by atoms with Crippen LogP contribution in [0.5, 0.6) is 0 Å². The highest BCUT2D eigenvalue weighted by Gasteiger charge is 2.51. The Morgan fingerprint density at radius 3 is 1.77 bits per heavy atom. The number of aliphatic hydroxyl groups is 7. The third-order valence-electron chi connectivity index (χ3n) is 8.88. The average molecular weight is 712 g/mol. The van der Waals surface area contributed by atoms with E-state index in [0.717, 1.165) is 57.8 Å². The molecule has 0 heterocycles. The maximum Gasteiger partial charge on any atom is 0.472 e. The number of carbonyl (C=O) groups excluding carboxylic acids is 1. The van der Waals surface area contributed by atoms with Crippen LogP contribution in [-0.2, 0) is 18.4 Å². The minimum Gasteiger partial charge on any atom is -0.393 e. The topological polar surface area (TPSA) is 226 Å². The number of allylic oxidation sites excluding steroid dienone is 2. The van der Waals surface area contributed by atoms with E-state index in [1.807, 2.05) is 0 Å². The minimum atomic E-state index is -5.10. The number of aliphatic hydroxyl groups excluding tert-OH is 7. The van der Waals surface area contributed by atoms with Crippen molar-refractivity contribution in [2.45, 2.75) is 191 Å². The van der Waals surface area contributed by atoms with Gasteiger partial charge in [-0.1, -0.05) is 109 Å². The van der Waals surface area contributed by atoms with Gasteiger partial charge in [0.15, 0.2) is 0 Å². The lowest BCUT2D eigenvalue weighted by Crippen LogP contribution is -2.64. The quantitative estimate of drug-likeness (QED) is 0.0323. The minimum absolute atomic E-state index is 0.232. The van der Waals surface area contributed by atoms with Crippen LogP contribution >= 0.6 is 7.82 Å². The van der Waals surface area contributed by atoms with Gasteiger partial charge in [-0.25, -0.2) is 4.57 Å². The maximum absolute atomic E-state index is 12.8. The molecule has 1 aliphatic carbocycles. The van der Waals surface area contributed by atoms with E-state index in [1.165, 1.54) is 38.5 Å². The first-order valence-electron chi connectivity index (χ1n) is 18.2. The van der Waals surface area contributed by atoms with Gasteiger partial charge in [-0.15, -0.1) is 0 Å². The number of phosphoric ester groups is 1. The Morgan fingerprint density at radius 1 is 0.708 bits per heavy atom. The summed E-state index contributed by atoms with van der Waals surface area (Å²) in [6.07, 6.45) is 7.46. The molecule has 0 aromatic heterocycles. The first kappa shape index (κ1) is 45.1. The molecule has 0 saturated heterocycles. The van der Waals surface area contributed by atoms with Gasteiger partial charge in [-0.2, -0.15) is 0 Å². The number of unbranched alkanes of at least 4 members (excludes halogenated alkanes) is 13. The molecule has 13 nitrogen and oxygen atoms in total. The van der Waals surface area contributed by atoms with Crippen LogP contribution < -0.4 is 5.32 Å². The lowest BCUT2D eigenvalue weighted by Gasteiger charge is -2.41. The zero-order valence-electron chi connectivity index (χ0n) is 29.2. The summed E-state index contributed by atoms with van der Waals surface area (Å²) in [6, 6.07) is -1.15. The summed E-state index contributed by atoms with van der Waals surface area (Å²) in [5.74, 6) is -0.576. The van der Waals surface area contributed by atoms with Crippen molar-refractivity contribution < 1.29 is 59.0 Å². The summed E-state index contributed by atoms with van der Waals surface area (Å²) < 4.78 is 22.7. The Morgan fingerprint density at radius 2 is 1.19 bits per heavy atom. The largest absolute Gasteiger partial charge is 0.472 e. The molecule has 1 aliphatic rings. The molecule has 0 aromatic rings. The molecular formula is C34H66NO12P. The predicted molar refractivity (Wildman–Crippen MR) is 183 cm³/mol. The lowest BCUT2D eigenvalue weighted by molar-refractivity contribution is -0.220. The number of nitrogens with one attached hydrogen (secondary N) is 1. The van der Waals surface area contributed by atoms with Crippen LogP contribution in [0.2, 0.25) is 0 Å². The van der Waals surface area contributed by atoms with Crippen LogP contribution in [0.3, 0.4) is 0 Å². The van der Waals surface area contributed by atoms with Gasteiger partial charge in [-0.3, -0.25) is 13.8 Å². The van der Waals surface area contributed by atoms with Gasteiger partial charge in [0.1, 0.15) is 36.6 Å². The smallest absolute Gasteiger partial charge is 0.393 e. The van der Waals surface area contributed by atoms with Gasteiger partial charge in [0.05, 0.1) is 31.3 Å². The summed E-state index contributed by atoms with van der Waals surface area (Å²) in [5.41, 5.74) is 0. The Balaban J connectivity index is 2.68. The molecular weight excluding hydrogens is 645 g/mol. The van der Waals surface area contributed by atoms with E-state index in [1.54, 1.807) is 0 Å². The Kier molecular flexibility index (Phi) is 24.3. The van der Waals surface area contributed by atoms with Crippen molar-refractivity contribution in [3.8, 4) is 0 Å². The summed E-state index contributed by atoms with van der Waals surface area (Å²) in [5, 5.41) is 73.9. The zero-order valence-corrected chi connectivity index (χ0v) is 30.0. The Hall–Kier alpha value is -0.960. The van der Waals surface area contributed by atoms with Crippen LogP contribution in [0.25, 0.3) is 0 Å². The van der Waals surface area contributed by atoms with E-state index in [4.69, 9.17) is 9.05 Å². The molecule has 8 unspecified atom stereocenters. The molecule has 1 fully saturated rings.